The van der Waals surface area contributed by atoms with Crippen molar-refractivity contribution in [2.45, 2.75) is 20.4 Å². The van der Waals surface area contributed by atoms with Gasteiger partial charge in [0.15, 0.2) is 0 Å². The third-order valence-electron chi connectivity index (χ3n) is 4.60. The Bertz CT molecular complexity index is 890. The Morgan fingerprint density at radius 2 is 1.85 bits per heavy atom. The van der Waals surface area contributed by atoms with Crippen LogP contribution in [0.3, 0.4) is 0 Å². The topological polar surface area (TPSA) is 75.7 Å². The summed E-state index contributed by atoms with van der Waals surface area (Å²) in [5.41, 5.74) is 3.12. The van der Waals surface area contributed by atoms with Crippen LogP contribution >= 0.6 is 0 Å². The molecule has 0 bridgehead atoms. The number of hydrogen-bond acceptors (Lipinski definition) is 4. The number of nitrogens with zero attached hydrogens (tertiary/aromatic N) is 1. The van der Waals surface area contributed by atoms with Gasteiger partial charge in [-0.15, -0.1) is 0 Å². The Morgan fingerprint density at radius 3 is 2.44 bits per heavy atom. The number of ether oxygens (including phenoxy) is 1. The summed E-state index contributed by atoms with van der Waals surface area (Å²) in [5.74, 6) is -1.09. The van der Waals surface area contributed by atoms with Gasteiger partial charge >= 0.3 is 0 Å². The number of amides is 2. The number of ketones is 1. The molecule has 0 saturated carbocycles. The van der Waals surface area contributed by atoms with Crippen LogP contribution in [-0.2, 0) is 20.9 Å². The number of nitrogens with one attached hydrogen (secondary N) is 1. The molecule has 1 saturated heterocycles. The van der Waals surface area contributed by atoms with Crippen molar-refractivity contribution in [2.75, 3.05) is 13.6 Å². The Balaban J connectivity index is 1.57. The average Bonchev–Trinajstić information content (AvgIpc) is 2.90. The van der Waals surface area contributed by atoms with Crippen LogP contribution < -0.4 is 10.1 Å². The molecule has 2 aromatic rings. The smallest absolute Gasteiger partial charge is 0.290 e. The lowest BCUT2D eigenvalue weighted by atomic mass is 10.1. The van der Waals surface area contributed by atoms with Crippen molar-refractivity contribution in [1.82, 2.24) is 10.2 Å². The number of rotatable bonds is 5. The zero-order valence-corrected chi connectivity index (χ0v) is 15.6. The van der Waals surface area contributed by atoms with Crippen LogP contribution in [0.4, 0.5) is 0 Å². The second kappa shape index (κ2) is 7.61. The van der Waals surface area contributed by atoms with Gasteiger partial charge in [0.1, 0.15) is 17.4 Å². The molecule has 1 heterocycles. The van der Waals surface area contributed by atoms with Crippen molar-refractivity contribution in [3.8, 4) is 11.5 Å². The first-order chi connectivity index (χ1) is 12.8. The van der Waals surface area contributed by atoms with E-state index < -0.39 is 23.5 Å². The first-order valence-electron chi connectivity index (χ1n) is 8.76. The summed E-state index contributed by atoms with van der Waals surface area (Å²) in [6, 6.07) is 13.4. The molecule has 0 radical (unpaired) electrons. The molecule has 6 heteroatoms. The van der Waals surface area contributed by atoms with E-state index in [2.05, 4.69) is 11.4 Å². The number of likely N-dealkylation sites (N-methyl/N-ethyl adjacent to an activating group) is 1. The summed E-state index contributed by atoms with van der Waals surface area (Å²) in [6.07, 6.45) is 0. The summed E-state index contributed by atoms with van der Waals surface area (Å²) < 4.78 is 5.89. The highest BCUT2D eigenvalue weighted by Crippen LogP contribution is 2.26. The van der Waals surface area contributed by atoms with Gasteiger partial charge < -0.3 is 15.0 Å². The Kier molecular flexibility index (Phi) is 5.26. The molecule has 1 N–H and O–H groups in total. The van der Waals surface area contributed by atoms with Crippen LogP contribution in [0.1, 0.15) is 16.7 Å². The van der Waals surface area contributed by atoms with Gasteiger partial charge in [-0.3, -0.25) is 14.4 Å². The number of benzene rings is 2. The first kappa shape index (κ1) is 18.6. The van der Waals surface area contributed by atoms with Crippen LogP contribution in [0.25, 0.3) is 0 Å². The van der Waals surface area contributed by atoms with Gasteiger partial charge in [0.05, 0.1) is 0 Å². The molecular weight excluding hydrogens is 344 g/mol. The minimum absolute atomic E-state index is 0.131. The SMILES string of the molecule is Cc1ccc(Oc2ccc(CNC(=O)C3CN(C)C(=O)C3=O)cc2)c(C)c1. The van der Waals surface area contributed by atoms with Gasteiger partial charge in [-0.2, -0.15) is 0 Å². The summed E-state index contributed by atoms with van der Waals surface area (Å²) in [6.45, 7) is 4.45. The summed E-state index contributed by atoms with van der Waals surface area (Å²) in [5, 5.41) is 2.72. The van der Waals surface area contributed by atoms with Crippen molar-refractivity contribution in [1.29, 1.82) is 0 Å². The fraction of sp³-hybridized carbons (Fsp3) is 0.286. The molecule has 1 fully saturated rings. The molecule has 0 aromatic heterocycles. The summed E-state index contributed by atoms with van der Waals surface area (Å²) in [4.78, 5) is 36.7. The number of aryl methyl sites for hydroxylation is 2. The zero-order valence-electron chi connectivity index (χ0n) is 15.6. The minimum Gasteiger partial charge on any atom is -0.457 e. The highest BCUT2D eigenvalue weighted by atomic mass is 16.5. The third-order valence-corrected chi connectivity index (χ3v) is 4.60. The Morgan fingerprint density at radius 1 is 1.15 bits per heavy atom. The van der Waals surface area contributed by atoms with Crippen molar-refractivity contribution in [2.24, 2.45) is 5.92 Å². The molecule has 2 amide bonds. The third kappa shape index (κ3) is 4.16. The zero-order chi connectivity index (χ0) is 19.6. The molecule has 1 atom stereocenters. The highest BCUT2D eigenvalue weighted by molar-refractivity contribution is 6.42. The quantitative estimate of drug-likeness (QED) is 0.651. The Hall–Kier alpha value is -3.15. The van der Waals surface area contributed by atoms with E-state index in [1.807, 2.05) is 50.2 Å². The predicted octanol–water partition coefficient (Wildman–Crippen LogP) is 2.37. The number of Topliss-reactive ketones (excluding diaryl/α,β-unsaturated/α-hetero) is 1. The van der Waals surface area contributed by atoms with E-state index in [-0.39, 0.29) is 13.1 Å². The van der Waals surface area contributed by atoms with Crippen LogP contribution in [-0.4, -0.2) is 36.1 Å². The van der Waals surface area contributed by atoms with Gasteiger partial charge in [-0.1, -0.05) is 29.8 Å². The molecule has 6 nitrogen and oxygen atoms in total. The van der Waals surface area contributed by atoms with Crippen LogP contribution in [0.15, 0.2) is 42.5 Å². The predicted molar refractivity (Wildman–Crippen MR) is 100 cm³/mol. The normalized spacial score (nSPS) is 16.6. The van der Waals surface area contributed by atoms with Gasteiger partial charge in [-0.05, 0) is 43.2 Å². The summed E-state index contributed by atoms with van der Waals surface area (Å²) in [7, 11) is 1.52. The second-order valence-electron chi connectivity index (χ2n) is 6.84. The van der Waals surface area contributed by atoms with Crippen LogP contribution in [0, 0.1) is 19.8 Å². The minimum atomic E-state index is -0.922. The molecule has 1 aliphatic heterocycles. The van der Waals surface area contributed by atoms with Gasteiger partial charge in [-0.25, -0.2) is 0 Å². The van der Waals surface area contributed by atoms with E-state index in [9.17, 15) is 14.4 Å². The molecule has 1 aliphatic rings. The van der Waals surface area contributed by atoms with E-state index in [0.29, 0.717) is 5.75 Å². The fourth-order valence-electron chi connectivity index (χ4n) is 3.01. The van der Waals surface area contributed by atoms with Crippen LogP contribution in [0.2, 0.25) is 0 Å². The maximum Gasteiger partial charge on any atom is 0.290 e. The molecule has 1 unspecified atom stereocenters. The average molecular weight is 366 g/mol. The van der Waals surface area contributed by atoms with E-state index >= 15 is 0 Å². The number of carbonyl (C=O) groups is 3. The maximum absolute atomic E-state index is 12.2. The fourth-order valence-corrected chi connectivity index (χ4v) is 3.01. The number of carbonyl (C=O) groups excluding carboxylic acids is 3. The molecular formula is C21H22N2O4. The second-order valence-corrected chi connectivity index (χ2v) is 6.84. The molecule has 0 spiro atoms. The van der Waals surface area contributed by atoms with E-state index in [4.69, 9.17) is 4.74 Å². The van der Waals surface area contributed by atoms with E-state index in [1.54, 1.807) is 0 Å². The first-order valence-corrected chi connectivity index (χ1v) is 8.76. The number of hydrogen-bond donors (Lipinski definition) is 1. The highest BCUT2D eigenvalue weighted by Gasteiger charge is 2.41. The standard InChI is InChI=1S/C21H22N2O4/c1-13-4-9-18(14(2)10-13)27-16-7-5-15(6-8-16)11-22-20(25)17-12-23(3)21(26)19(17)24/h4-10,17H,11-12H2,1-3H3,(H,22,25). The molecule has 140 valence electrons. The maximum atomic E-state index is 12.2. The van der Waals surface area contributed by atoms with Gasteiger partial charge in [0.2, 0.25) is 11.7 Å². The summed E-state index contributed by atoms with van der Waals surface area (Å²) >= 11 is 0. The lowest BCUT2D eigenvalue weighted by Crippen LogP contribution is -2.35. The van der Waals surface area contributed by atoms with E-state index in [1.165, 1.54) is 17.5 Å². The lowest BCUT2D eigenvalue weighted by Gasteiger charge is -2.11. The van der Waals surface area contributed by atoms with Crippen molar-refractivity contribution in [3.63, 3.8) is 0 Å². The van der Waals surface area contributed by atoms with Gasteiger partial charge in [0.25, 0.3) is 5.91 Å². The van der Waals surface area contributed by atoms with Crippen molar-refractivity contribution in [3.05, 3.63) is 59.2 Å². The molecule has 27 heavy (non-hydrogen) atoms. The molecule has 3 rings (SSSR count). The Labute approximate surface area is 158 Å². The number of likely N-dealkylation sites (tertiary alicyclic amines) is 1. The largest absolute Gasteiger partial charge is 0.457 e. The lowest BCUT2D eigenvalue weighted by molar-refractivity contribution is -0.142. The van der Waals surface area contributed by atoms with Crippen molar-refractivity contribution >= 4 is 17.6 Å². The molecule has 0 aliphatic carbocycles. The van der Waals surface area contributed by atoms with Crippen LogP contribution in [0.5, 0.6) is 11.5 Å². The van der Waals surface area contributed by atoms with Crippen molar-refractivity contribution < 1.29 is 19.1 Å². The monoisotopic (exact) mass is 366 g/mol. The van der Waals surface area contributed by atoms with Gasteiger partial charge in [0, 0.05) is 20.1 Å². The van der Waals surface area contributed by atoms with E-state index in [0.717, 1.165) is 16.9 Å². The molecule has 2 aromatic carbocycles.